The Balaban J connectivity index is 1.52. The van der Waals surface area contributed by atoms with E-state index < -0.39 is 6.09 Å². The highest BCUT2D eigenvalue weighted by atomic mass is 19.1. The van der Waals surface area contributed by atoms with Crippen LogP contribution in [0.1, 0.15) is 36.0 Å². The van der Waals surface area contributed by atoms with Gasteiger partial charge < -0.3 is 15.0 Å². The lowest BCUT2D eigenvalue weighted by Gasteiger charge is -2.29. The summed E-state index contributed by atoms with van der Waals surface area (Å²) in [6.07, 6.45) is 2.17. The van der Waals surface area contributed by atoms with Crippen LogP contribution in [-0.4, -0.2) is 38.2 Å². The highest BCUT2D eigenvalue weighted by Gasteiger charge is 2.26. The highest BCUT2D eigenvalue weighted by molar-refractivity contribution is 5.95. The highest BCUT2D eigenvalue weighted by Crippen LogP contribution is 2.23. The average Bonchev–Trinajstić information content (AvgIpc) is 2.70. The summed E-state index contributed by atoms with van der Waals surface area (Å²) in [5, 5.41) is 5.64. The molecule has 0 unspecified atom stereocenters. The normalized spacial score (nSPS) is 18.6. The van der Waals surface area contributed by atoms with E-state index in [0.717, 1.165) is 24.9 Å². The quantitative estimate of drug-likeness (QED) is 0.791. The number of benzene rings is 2. The largest absolute Gasteiger partial charge is 0.446 e. The average molecular weight is 399 g/mol. The second kappa shape index (κ2) is 9.41. The molecule has 2 atom stereocenters. The maximum atomic E-state index is 12.9. The summed E-state index contributed by atoms with van der Waals surface area (Å²) in [6, 6.07) is 12.9. The first-order valence-corrected chi connectivity index (χ1v) is 9.72. The Kier molecular flexibility index (Phi) is 6.69. The third-order valence-corrected chi connectivity index (χ3v) is 4.95. The molecule has 1 aliphatic carbocycles. The van der Waals surface area contributed by atoms with E-state index >= 15 is 0 Å². The van der Waals surface area contributed by atoms with Gasteiger partial charge in [-0.2, -0.15) is 0 Å². The molecular weight excluding hydrogens is 373 g/mol. The number of nitrogens with one attached hydrogen (secondary N) is 2. The Bertz CT molecular complexity index is 855. The zero-order chi connectivity index (χ0) is 20.8. The van der Waals surface area contributed by atoms with Gasteiger partial charge in [0.25, 0.3) is 5.91 Å². The molecule has 2 amide bonds. The molecule has 0 saturated heterocycles. The minimum Gasteiger partial charge on any atom is -0.446 e. The first-order valence-electron chi connectivity index (χ1n) is 9.72. The second-order valence-electron chi connectivity index (χ2n) is 7.44. The zero-order valence-corrected chi connectivity index (χ0v) is 16.7. The molecule has 0 aliphatic heterocycles. The minimum atomic E-state index is -0.577. The van der Waals surface area contributed by atoms with Crippen molar-refractivity contribution in [1.82, 2.24) is 5.32 Å². The van der Waals surface area contributed by atoms with Gasteiger partial charge in [-0.3, -0.25) is 10.1 Å². The molecule has 0 aromatic heterocycles. The summed E-state index contributed by atoms with van der Waals surface area (Å²) < 4.78 is 18.4. The van der Waals surface area contributed by atoms with Crippen molar-refractivity contribution in [2.45, 2.75) is 37.8 Å². The summed E-state index contributed by atoms with van der Waals surface area (Å²) in [4.78, 5) is 26.6. The van der Waals surface area contributed by atoms with Crippen LogP contribution in [0.5, 0.6) is 0 Å². The van der Waals surface area contributed by atoms with Crippen molar-refractivity contribution in [1.29, 1.82) is 0 Å². The third kappa shape index (κ3) is 5.94. The van der Waals surface area contributed by atoms with Gasteiger partial charge in [0.2, 0.25) is 0 Å². The summed E-state index contributed by atoms with van der Waals surface area (Å²) in [7, 11) is 3.86. The van der Waals surface area contributed by atoms with Crippen LogP contribution in [0.4, 0.5) is 20.6 Å². The fourth-order valence-corrected chi connectivity index (χ4v) is 3.41. The summed E-state index contributed by atoms with van der Waals surface area (Å²) in [5.74, 6) is -0.499. The monoisotopic (exact) mass is 399 g/mol. The lowest BCUT2D eigenvalue weighted by molar-refractivity contribution is 0.0712. The van der Waals surface area contributed by atoms with Gasteiger partial charge in [0.05, 0.1) is 0 Å². The predicted octanol–water partition coefficient (Wildman–Crippen LogP) is 4.18. The number of rotatable bonds is 5. The number of hydrogen-bond donors (Lipinski definition) is 2. The topological polar surface area (TPSA) is 70.7 Å². The van der Waals surface area contributed by atoms with E-state index in [9.17, 15) is 14.0 Å². The minimum absolute atomic E-state index is 0.0529. The van der Waals surface area contributed by atoms with E-state index in [1.807, 2.05) is 37.2 Å². The van der Waals surface area contributed by atoms with Crippen LogP contribution in [0.3, 0.4) is 0 Å². The van der Waals surface area contributed by atoms with Crippen LogP contribution in [-0.2, 0) is 4.74 Å². The number of anilines is 2. The molecule has 1 fully saturated rings. The van der Waals surface area contributed by atoms with Crippen LogP contribution in [0.15, 0.2) is 48.5 Å². The molecule has 154 valence electrons. The molecule has 7 heteroatoms. The summed E-state index contributed by atoms with van der Waals surface area (Å²) >= 11 is 0. The Morgan fingerprint density at radius 3 is 2.59 bits per heavy atom. The summed E-state index contributed by atoms with van der Waals surface area (Å²) in [5.41, 5.74) is 2.03. The van der Waals surface area contributed by atoms with Crippen LogP contribution in [0.25, 0.3) is 0 Å². The van der Waals surface area contributed by atoms with E-state index in [2.05, 4.69) is 10.6 Å². The number of amides is 2. The smallest absolute Gasteiger partial charge is 0.411 e. The van der Waals surface area contributed by atoms with Gasteiger partial charge in [-0.15, -0.1) is 0 Å². The zero-order valence-electron chi connectivity index (χ0n) is 16.7. The lowest BCUT2D eigenvalue weighted by atomic mass is 9.92. The number of halogens is 1. The van der Waals surface area contributed by atoms with Crippen LogP contribution in [0, 0.1) is 5.82 Å². The van der Waals surface area contributed by atoms with Gasteiger partial charge in [-0.1, -0.05) is 6.07 Å². The standard InChI is InChI=1S/C22H26FN3O3/c1-26(2)19-7-3-5-15(13-19)21(27)24-18-6-4-8-20(14-18)29-22(28)25-17-11-9-16(23)10-12-17/h3,5,7,9-13,18,20H,4,6,8,14H2,1-2H3,(H,24,27)(H,25,28)/t18-,20+/m1/s1. The van der Waals surface area contributed by atoms with E-state index in [1.165, 1.54) is 24.3 Å². The molecule has 0 radical (unpaired) electrons. The Morgan fingerprint density at radius 2 is 1.86 bits per heavy atom. The van der Waals surface area contributed by atoms with Crippen LogP contribution >= 0.6 is 0 Å². The summed E-state index contributed by atoms with van der Waals surface area (Å²) in [6.45, 7) is 0. The van der Waals surface area contributed by atoms with Crippen molar-refractivity contribution in [2.24, 2.45) is 0 Å². The number of carbonyl (C=O) groups excluding carboxylic acids is 2. The van der Waals surface area contributed by atoms with Gasteiger partial charge in [0.15, 0.2) is 0 Å². The van der Waals surface area contributed by atoms with Crippen molar-refractivity contribution in [2.75, 3.05) is 24.3 Å². The molecule has 6 nitrogen and oxygen atoms in total. The van der Waals surface area contributed by atoms with Crippen molar-refractivity contribution in [3.8, 4) is 0 Å². The lowest BCUT2D eigenvalue weighted by Crippen LogP contribution is -2.41. The van der Waals surface area contributed by atoms with E-state index in [1.54, 1.807) is 6.07 Å². The molecule has 0 spiro atoms. The first-order chi connectivity index (χ1) is 13.9. The fourth-order valence-electron chi connectivity index (χ4n) is 3.41. The van der Waals surface area contributed by atoms with Crippen LogP contribution in [0.2, 0.25) is 0 Å². The molecule has 2 aromatic rings. The molecule has 29 heavy (non-hydrogen) atoms. The van der Waals surface area contributed by atoms with Gasteiger partial charge in [-0.05, 0) is 61.7 Å². The molecule has 1 saturated carbocycles. The van der Waals surface area contributed by atoms with Gasteiger partial charge in [0, 0.05) is 43.5 Å². The van der Waals surface area contributed by atoms with Crippen molar-refractivity contribution in [3.05, 3.63) is 59.9 Å². The number of hydrogen-bond acceptors (Lipinski definition) is 4. The molecule has 1 aliphatic rings. The molecule has 0 bridgehead atoms. The Morgan fingerprint density at radius 1 is 1.10 bits per heavy atom. The molecule has 0 heterocycles. The van der Waals surface area contributed by atoms with E-state index in [-0.39, 0.29) is 23.9 Å². The molecular formula is C22H26FN3O3. The molecule has 3 rings (SSSR count). The van der Waals surface area contributed by atoms with Crippen molar-refractivity contribution < 1.29 is 18.7 Å². The fraction of sp³-hybridized carbons (Fsp3) is 0.364. The van der Waals surface area contributed by atoms with Crippen molar-refractivity contribution in [3.63, 3.8) is 0 Å². The van der Waals surface area contributed by atoms with Crippen molar-refractivity contribution >= 4 is 23.4 Å². The van der Waals surface area contributed by atoms with Gasteiger partial charge in [0.1, 0.15) is 11.9 Å². The number of carbonyl (C=O) groups is 2. The van der Waals surface area contributed by atoms with E-state index in [4.69, 9.17) is 4.74 Å². The van der Waals surface area contributed by atoms with E-state index in [0.29, 0.717) is 17.7 Å². The number of ether oxygens (including phenoxy) is 1. The SMILES string of the molecule is CN(C)c1cccc(C(=O)N[C@@H]2CCC[C@H](OC(=O)Nc3ccc(F)cc3)C2)c1. The van der Waals surface area contributed by atoms with Crippen LogP contribution < -0.4 is 15.5 Å². The number of nitrogens with zero attached hydrogens (tertiary/aromatic N) is 1. The molecule has 2 N–H and O–H groups in total. The maximum Gasteiger partial charge on any atom is 0.411 e. The predicted molar refractivity (Wildman–Crippen MR) is 111 cm³/mol. The molecule has 2 aromatic carbocycles. The van der Waals surface area contributed by atoms with Gasteiger partial charge >= 0.3 is 6.09 Å². The third-order valence-electron chi connectivity index (χ3n) is 4.95. The maximum absolute atomic E-state index is 12.9. The van der Waals surface area contributed by atoms with Gasteiger partial charge in [-0.25, -0.2) is 9.18 Å². The Hall–Kier alpha value is -3.09. The first kappa shape index (κ1) is 20.6. The second-order valence-corrected chi connectivity index (χ2v) is 7.44. The Labute approximate surface area is 170 Å².